The number of hydrogen-bond donors (Lipinski definition) is 1. The lowest BCUT2D eigenvalue weighted by atomic mass is 9.75. The van der Waals surface area contributed by atoms with E-state index in [-0.39, 0.29) is 12.0 Å². The van der Waals surface area contributed by atoms with Gasteiger partial charge in [0.05, 0.1) is 0 Å². The van der Waals surface area contributed by atoms with Gasteiger partial charge in [0.25, 0.3) is 0 Å². The van der Waals surface area contributed by atoms with Crippen LogP contribution in [0.2, 0.25) is 0 Å². The summed E-state index contributed by atoms with van der Waals surface area (Å²) in [6, 6.07) is 0. The van der Waals surface area contributed by atoms with Crippen molar-refractivity contribution in [3.8, 4) is 0 Å². The second kappa shape index (κ2) is 4.22. The average Bonchev–Trinajstić information content (AvgIpc) is 1.98. The second-order valence-corrected chi connectivity index (χ2v) is 4.52. The molecule has 1 atom stereocenters. The van der Waals surface area contributed by atoms with Crippen LogP contribution in [-0.2, 0) is 0 Å². The molecular formula is C10H22FN. The molecule has 1 nitrogen and oxygen atoms in total. The van der Waals surface area contributed by atoms with Gasteiger partial charge in [0.1, 0.15) is 5.67 Å². The minimum atomic E-state index is -1.19. The lowest BCUT2D eigenvalue weighted by Gasteiger charge is -2.37. The molecule has 0 aromatic carbocycles. The Bertz CT molecular complexity index is 128. The molecule has 0 bridgehead atoms. The predicted molar refractivity (Wildman–Crippen MR) is 51.9 cm³/mol. The van der Waals surface area contributed by atoms with Gasteiger partial charge in [-0.25, -0.2) is 4.39 Å². The highest BCUT2D eigenvalue weighted by Gasteiger charge is 2.40. The quantitative estimate of drug-likeness (QED) is 0.698. The van der Waals surface area contributed by atoms with Crippen LogP contribution in [0.4, 0.5) is 4.39 Å². The van der Waals surface area contributed by atoms with Gasteiger partial charge in [0, 0.05) is 6.54 Å². The third-order valence-electron chi connectivity index (χ3n) is 2.59. The van der Waals surface area contributed by atoms with Crippen molar-refractivity contribution in [1.82, 2.24) is 0 Å². The van der Waals surface area contributed by atoms with Gasteiger partial charge in [-0.05, 0) is 11.8 Å². The third-order valence-corrected chi connectivity index (χ3v) is 2.59. The van der Waals surface area contributed by atoms with E-state index in [0.717, 1.165) is 12.8 Å². The van der Waals surface area contributed by atoms with Crippen molar-refractivity contribution in [2.24, 2.45) is 11.1 Å². The largest absolute Gasteiger partial charge is 0.328 e. The van der Waals surface area contributed by atoms with E-state index >= 15 is 0 Å². The molecule has 0 heterocycles. The van der Waals surface area contributed by atoms with Gasteiger partial charge in [-0.15, -0.1) is 0 Å². The fraction of sp³-hybridized carbons (Fsp3) is 1.00. The minimum absolute atomic E-state index is 0.135. The smallest absolute Gasteiger partial charge is 0.128 e. The van der Waals surface area contributed by atoms with Gasteiger partial charge in [-0.2, -0.15) is 0 Å². The lowest BCUT2D eigenvalue weighted by Crippen LogP contribution is -2.45. The molecule has 0 aromatic rings. The summed E-state index contributed by atoms with van der Waals surface area (Å²) in [6.45, 7) is 7.94. The van der Waals surface area contributed by atoms with Crippen LogP contribution >= 0.6 is 0 Å². The van der Waals surface area contributed by atoms with Gasteiger partial charge in [-0.1, -0.05) is 40.5 Å². The first-order valence-corrected chi connectivity index (χ1v) is 4.76. The van der Waals surface area contributed by atoms with Crippen molar-refractivity contribution < 1.29 is 4.39 Å². The van der Waals surface area contributed by atoms with Crippen molar-refractivity contribution in [3.05, 3.63) is 0 Å². The Labute approximate surface area is 75.5 Å². The highest BCUT2D eigenvalue weighted by Crippen LogP contribution is 2.37. The van der Waals surface area contributed by atoms with Crippen molar-refractivity contribution in [3.63, 3.8) is 0 Å². The number of rotatable bonds is 4. The fourth-order valence-electron chi connectivity index (χ4n) is 1.24. The van der Waals surface area contributed by atoms with Crippen LogP contribution in [0, 0.1) is 5.41 Å². The Morgan fingerprint density at radius 3 is 2.00 bits per heavy atom. The van der Waals surface area contributed by atoms with Gasteiger partial charge < -0.3 is 5.73 Å². The number of hydrogen-bond acceptors (Lipinski definition) is 1. The van der Waals surface area contributed by atoms with E-state index in [4.69, 9.17) is 5.73 Å². The minimum Gasteiger partial charge on any atom is -0.328 e. The molecule has 0 aliphatic carbocycles. The van der Waals surface area contributed by atoms with E-state index in [1.807, 2.05) is 20.8 Å². The van der Waals surface area contributed by atoms with Gasteiger partial charge in [-0.3, -0.25) is 0 Å². The van der Waals surface area contributed by atoms with E-state index in [0.29, 0.717) is 6.42 Å². The van der Waals surface area contributed by atoms with Crippen LogP contribution in [0.15, 0.2) is 0 Å². The van der Waals surface area contributed by atoms with E-state index in [1.165, 1.54) is 0 Å². The molecule has 0 aromatic heterocycles. The monoisotopic (exact) mass is 175 g/mol. The molecule has 0 saturated heterocycles. The van der Waals surface area contributed by atoms with Crippen LogP contribution in [0.25, 0.3) is 0 Å². The fourth-order valence-corrected chi connectivity index (χ4v) is 1.24. The van der Waals surface area contributed by atoms with E-state index in [2.05, 4.69) is 6.92 Å². The Morgan fingerprint density at radius 1 is 1.25 bits per heavy atom. The summed E-state index contributed by atoms with van der Waals surface area (Å²) >= 11 is 0. The zero-order valence-corrected chi connectivity index (χ0v) is 8.78. The molecule has 0 spiro atoms. The van der Waals surface area contributed by atoms with Crippen LogP contribution in [-0.4, -0.2) is 12.2 Å². The van der Waals surface area contributed by atoms with Crippen molar-refractivity contribution in [1.29, 1.82) is 0 Å². The Morgan fingerprint density at radius 2 is 1.75 bits per heavy atom. The van der Waals surface area contributed by atoms with Gasteiger partial charge in [0.2, 0.25) is 0 Å². The number of halogens is 1. The van der Waals surface area contributed by atoms with E-state index in [9.17, 15) is 4.39 Å². The SMILES string of the molecule is CCCCC(F)(CN)C(C)(C)C. The van der Waals surface area contributed by atoms with Crippen LogP contribution in [0.5, 0.6) is 0 Å². The highest BCUT2D eigenvalue weighted by molar-refractivity contribution is 4.91. The maximum Gasteiger partial charge on any atom is 0.128 e. The van der Waals surface area contributed by atoms with Crippen LogP contribution < -0.4 is 5.73 Å². The van der Waals surface area contributed by atoms with E-state index < -0.39 is 5.67 Å². The second-order valence-electron chi connectivity index (χ2n) is 4.52. The first-order chi connectivity index (χ1) is 5.37. The molecule has 0 radical (unpaired) electrons. The molecule has 1 unspecified atom stereocenters. The molecule has 0 aliphatic rings. The summed E-state index contributed by atoms with van der Waals surface area (Å²) in [7, 11) is 0. The summed E-state index contributed by atoms with van der Waals surface area (Å²) in [5.74, 6) is 0. The van der Waals surface area contributed by atoms with Gasteiger partial charge >= 0.3 is 0 Å². The standard InChI is InChI=1S/C10H22FN/c1-5-6-7-10(11,8-12)9(2,3)4/h5-8,12H2,1-4H3. The normalized spacial score (nSPS) is 17.5. The molecule has 0 fully saturated rings. The van der Waals surface area contributed by atoms with Crippen molar-refractivity contribution in [2.45, 2.75) is 52.6 Å². The van der Waals surface area contributed by atoms with Crippen LogP contribution in [0.3, 0.4) is 0 Å². The predicted octanol–water partition coefficient (Wildman–Crippen LogP) is 2.89. The maximum absolute atomic E-state index is 14.1. The molecule has 2 heteroatoms. The number of nitrogens with two attached hydrogens (primary N) is 1. The summed E-state index contributed by atoms with van der Waals surface area (Å²) in [5, 5.41) is 0. The maximum atomic E-state index is 14.1. The molecule has 74 valence electrons. The summed E-state index contributed by atoms with van der Waals surface area (Å²) in [6.07, 6.45) is 2.54. The molecule has 0 aliphatic heterocycles. The average molecular weight is 175 g/mol. The Kier molecular flexibility index (Phi) is 4.18. The van der Waals surface area contributed by atoms with E-state index in [1.54, 1.807) is 0 Å². The molecule has 0 saturated carbocycles. The number of alkyl halides is 1. The first kappa shape index (κ1) is 11.9. The molecule has 0 rings (SSSR count). The Balaban J connectivity index is 4.24. The topological polar surface area (TPSA) is 26.0 Å². The van der Waals surface area contributed by atoms with Crippen molar-refractivity contribution >= 4 is 0 Å². The summed E-state index contributed by atoms with van der Waals surface area (Å²) in [4.78, 5) is 0. The van der Waals surface area contributed by atoms with Crippen LogP contribution in [0.1, 0.15) is 47.0 Å². The lowest BCUT2D eigenvalue weighted by molar-refractivity contribution is 0.0272. The molecule has 0 amide bonds. The van der Waals surface area contributed by atoms with Gasteiger partial charge in [0.15, 0.2) is 0 Å². The zero-order valence-electron chi connectivity index (χ0n) is 8.78. The highest BCUT2D eigenvalue weighted by atomic mass is 19.1. The zero-order chi connectivity index (χ0) is 9.83. The number of unbranched alkanes of at least 4 members (excludes halogenated alkanes) is 1. The Hall–Kier alpha value is -0.110. The molecule has 2 N–H and O–H groups in total. The molecular weight excluding hydrogens is 153 g/mol. The third kappa shape index (κ3) is 2.74. The first-order valence-electron chi connectivity index (χ1n) is 4.76. The summed E-state index contributed by atoms with van der Waals surface area (Å²) in [5.41, 5.74) is 3.93. The summed E-state index contributed by atoms with van der Waals surface area (Å²) < 4.78 is 14.1. The molecule has 12 heavy (non-hydrogen) atoms. The van der Waals surface area contributed by atoms with Crippen molar-refractivity contribution in [2.75, 3.05) is 6.54 Å².